The Hall–Kier alpha value is -4.53. The quantitative estimate of drug-likeness (QED) is 0.253. The number of rotatable bonds is 8. The van der Waals surface area contributed by atoms with Crippen LogP contribution in [0.3, 0.4) is 0 Å². The number of carbonyl (C=O) groups is 3. The van der Waals surface area contributed by atoms with Gasteiger partial charge in [-0.1, -0.05) is 45.0 Å². The molecule has 9 nitrogen and oxygen atoms in total. The molecule has 3 aromatic rings. The molecular formula is C32H38N4O5. The highest BCUT2D eigenvalue weighted by Crippen LogP contribution is 2.27. The summed E-state index contributed by atoms with van der Waals surface area (Å²) in [6, 6.07) is 19.0. The Morgan fingerprint density at radius 1 is 0.976 bits per heavy atom. The van der Waals surface area contributed by atoms with Gasteiger partial charge in [-0.15, -0.1) is 0 Å². The fraction of sp³-hybridized carbons (Fsp3) is 0.344. The van der Waals surface area contributed by atoms with Gasteiger partial charge >= 0.3 is 12.0 Å². The first-order valence-electron chi connectivity index (χ1n) is 13.9. The van der Waals surface area contributed by atoms with Crippen LogP contribution in [-0.2, 0) is 5.41 Å². The number of para-hydroxylation sites is 2. The summed E-state index contributed by atoms with van der Waals surface area (Å²) in [5.41, 5.74) is 3.15. The fourth-order valence-corrected chi connectivity index (χ4v) is 4.80. The highest BCUT2D eigenvalue weighted by Gasteiger charge is 2.26. The number of carboxylic acid groups (broad SMARTS) is 1. The Balaban J connectivity index is 1.45. The van der Waals surface area contributed by atoms with E-state index in [1.165, 1.54) is 6.07 Å². The third-order valence-corrected chi connectivity index (χ3v) is 7.02. The van der Waals surface area contributed by atoms with E-state index in [0.717, 1.165) is 18.4 Å². The molecule has 3 amide bonds. The minimum Gasteiger partial charge on any atom is -0.492 e. The average molecular weight is 559 g/mol. The van der Waals surface area contributed by atoms with Crippen LogP contribution >= 0.6 is 0 Å². The van der Waals surface area contributed by atoms with E-state index in [1.807, 2.05) is 31.2 Å². The Labute approximate surface area is 240 Å². The Bertz CT molecular complexity index is 1400. The molecule has 0 radical (unpaired) electrons. The molecule has 1 unspecified atom stereocenters. The topological polar surface area (TPSA) is 120 Å². The molecule has 0 aromatic heterocycles. The number of carbonyl (C=O) groups excluding carboxylic acids is 2. The summed E-state index contributed by atoms with van der Waals surface area (Å²) in [5, 5.41) is 18.9. The van der Waals surface area contributed by atoms with E-state index >= 15 is 0 Å². The van der Waals surface area contributed by atoms with Crippen LogP contribution in [0.15, 0.2) is 66.7 Å². The van der Waals surface area contributed by atoms with Crippen LogP contribution in [0.1, 0.15) is 66.8 Å². The van der Waals surface area contributed by atoms with Crippen molar-refractivity contribution in [3.63, 3.8) is 0 Å². The average Bonchev–Trinajstić information content (AvgIpc) is 2.94. The highest BCUT2D eigenvalue weighted by molar-refractivity contribution is 6.05. The minimum absolute atomic E-state index is 0.0223. The van der Waals surface area contributed by atoms with Gasteiger partial charge in [-0.2, -0.15) is 0 Å². The van der Waals surface area contributed by atoms with Gasteiger partial charge in [0.05, 0.1) is 23.5 Å². The Kier molecular flexibility index (Phi) is 9.17. The fourth-order valence-electron chi connectivity index (χ4n) is 4.80. The molecule has 41 heavy (non-hydrogen) atoms. The lowest BCUT2D eigenvalue weighted by Gasteiger charge is -2.34. The molecule has 1 aliphatic heterocycles. The van der Waals surface area contributed by atoms with Crippen LogP contribution in [0.5, 0.6) is 5.75 Å². The monoisotopic (exact) mass is 558 g/mol. The number of nitrogens with zero attached hydrogens (tertiary/aromatic N) is 1. The third kappa shape index (κ3) is 7.57. The maximum Gasteiger partial charge on any atom is 0.337 e. The number of ether oxygens (including phenoxy) is 1. The van der Waals surface area contributed by atoms with Crippen LogP contribution in [0.4, 0.5) is 21.9 Å². The number of nitrogens with one attached hydrogen (secondary N) is 3. The van der Waals surface area contributed by atoms with Gasteiger partial charge in [-0.3, -0.25) is 4.79 Å². The van der Waals surface area contributed by atoms with Gasteiger partial charge in [0.25, 0.3) is 5.91 Å². The van der Waals surface area contributed by atoms with Gasteiger partial charge in [0.2, 0.25) is 0 Å². The van der Waals surface area contributed by atoms with E-state index in [4.69, 9.17) is 4.74 Å². The van der Waals surface area contributed by atoms with Gasteiger partial charge in [-0.05, 0) is 73.2 Å². The SMILES string of the molecule is CCOc1ccccc1NC(=O)N1CCCC(Nc2cc(NC(=O)c3ccc(C(C)(C)C)cc3)ccc2C(=O)O)C1. The van der Waals surface area contributed by atoms with Crippen molar-refractivity contribution in [2.75, 3.05) is 35.6 Å². The van der Waals surface area contributed by atoms with Crippen molar-refractivity contribution in [2.24, 2.45) is 0 Å². The second-order valence-electron chi connectivity index (χ2n) is 11.1. The van der Waals surface area contributed by atoms with E-state index in [2.05, 4.69) is 36.7 Å². The van der Waals surface area contributed by atoms with E-state index in [1.54, 1.807) is 41.3 Å². The summed E-state index contributed by atoms with van der Waals surface area (Å²) in [7, 11) is 0. The second kappa shape index (κ2) is 12.8. The molecule has 3 aromatic carbocycles. The minimum atomic E-state index is -1.08. The highest BCUT2D eigenvalue weighted by atomic mass is 16.5. The van der Waals surface area contributed by atoms with Gasteiger partial charge < -0.3 is 30.7 Å². The zero-order chi connectivity index (χ0) is 29.6. The number of urea groups is 1. The molecule has 1 aliphatic rings. The molecule has 216 valence electrons. The van der Waals surface area contributed by atoms with Crippen molar-refractivity contribution < 1.29 is 24.2 Å². The zero-order valence-electron chi connectivity index (χ0n) is 24.0. The summed E-state index contributed by atoms with van der Waals surface area (Å²) < 4.78 is 5.62. The predicted octanol–water partition coefficient (Wildman–Crippen LogP) is 6.44. The van der Waals surface area contributed by atoms with E-state index < -0.39 is 5.97 Å². The molecular weight excluding hydrogens is 520 g/mol. The molecule has 1 atom stereocenters. The summed E-state index contributed by atoms with van der Waals surface area (Å²) >= 11 is 0. The number of hydrogen-bond donors (Lipinski definition) is 4. The summed E-state index contributed by atoms with van der Waals surface area (Å²) in [6.07, 6.45) is 1.51. The van der Waals surface area contributed by atoms with Crippen molar-refractivity contribution in [3.05, 3.63) is 83.4 Å². The second-order valence-corrected chi connectivity index (χ2v) is 11.1. The first-order chi connectivity index (χ1) is 19.5. The lowest BCUT2D eigenvalue weighted by molar-refractivity contribution is 0.0697. The largest absolute Gasteiger partial charge is 0.492 e. The standard InChI is InChI=1S/C32H38N4O5/c1-5-41-28-11-7-6-10-26(28)35-31(40)36-18-8-9-24(20-36)33-27-19-23(16-17-25(27)30(38)39)34-29(37)21-12-14-22(15-13-21)32(2,3)4/h6-7,10-17,19,24,33H,5,8-9,18,20H2,1-4H3,(H,34,37)(H,35,40)(H,38,39). The normalized spacial score (nSPS) is 15.1. The molecule has 1 fully saturated rings. The van der Waals surface area contributed by atoms with Crippen LogP contribution in [0, 0.1) is 0 Å². The lowest BCUT2D eigenvalue weighted by atomic mass is 9.87. The van der Waals surface area contributed by atoms with Crippen molar-refractivity contribution in [1.29, 1.82) is 0 Å². The molecule has 4 N–H and O–H groups in total. The molecule has 1 heterocycles. The summed E-state index contributed by atoms with van der Waals surface area (Å²) in [4.78, 5) is 39.7. The van der Waals surface area contributed by atoms with Crippen LogP contribution < -0.4 is 20.7 Å². The van der Waals surface area contributed by atoms with Crippen molar-refractivity contribution in [2.45, 2.75) is 52.0 Å². The molecule has 0 spiro atoms. The van der Waals surface area contributed by atoms with E-state index in [-0.39, 0.29) is 29.0 Å². The van der Waals surface area contributed by atoms with Crippen molar-refractivity contribution >= 4 is 35.0 Å². The molecule has 0 bridgehead atoms. The number of amides is 3. The van der Waals surface area contributed by atoms with Gasteiger partial charge in [0.1, 0.15) is 5.75 Å². The number of aromatic carboxylic acids is 1. The van der Waals surface area contributed by atoms with Gasteiger partial charge in [-0.25, -0.2) is 9.59 Å². The first kappa shape index (κ1) is 29.5. The summed E-state index contributed by atoms with van der Waals surface area (Å²) in [6.45, 7) is 9.67. The van der Waals surface area contributed by atoms with Gasteiger partial charge in [0.15, 0.2) is 0 Å². The third-order valence-electron chi connectivity index (χ3n) is 7.02. The maximum atomic E-state index is 13.1. The Morgan fingerprint density at radius 3 is 2.39 bits per heavy atom. The van der Waals surface area contributed by atoms with Crippen LogP contribution in [0.2, 0.25) is 0 Å². The number of piperidine rings is 1. The predicted molar refractivity (Wildman–Crippen MR) is 161 cm³/mol. The maximum absolute atomic E-state index is 13.1. The van der Waals surface area contributed by atoms with Crippen molar-refractivity contribution in [1.82, 2.24) is 4.90 Å². The van der Waals surface area contributed by atoms with Gasteiger partial charge in [0, 0.05) is 30.4 Å². The molecule has 0 aliphatic carbocycles. The summed E-state index contributed by atoms with van der Waals surface area (Å²) in [5.74, 6) is -0.765. The van der Waals surface area contributed by atoms with Crippen LogP contribution in [0.25, 0.3) is 0 Å². The van der Waals surface area contributed by atoms with Crippen molar-refractivity contribution in [3.8, 4) is 5.75 Å². The number of likely N-dealkylation sites (tertiary alicyclic amines) is 1. The number of hydrogen-bond acceptors (Lipinski definition) is 5. The number of benzene rings is 3. The number of anilines is 3. The molecule has 0 saturated carbocycles. The van der Waals surface area contributed by atoms with E-state index in [9.17, 15) is 19.5 Å². The molecule has 4 rings (SSSR count). The number of carboxylic acids is 1. The smallest absolute Gasteiger partial charge is 0.337 e. The van der Waals surface area contributed by atoms with E-state index in [0.29, 0.717) is 48.1 Å². The molecule has 9 heteroatoms. The molecule has 1 saturated heterocycles. The Morgan fingerprint density at radius 2 is 1.71 bits per heavy atom. The lowest BCUT2D eigenvalue weighted by Crippen LogP contribution is -2.47. The first-order valence-corrected chi connectivity index (χ1v) is 13.9. The zero-order valence-corrected chi connectivity index (χ0v) is 24.0. The van der Waals surface area contributed by atoms with Crippen LogP contribution in [-0.4, -0.2) is 53.7 Å².